The Morgan fingerprint density at radius 3 is 2.52 bits per heavy atom. The lowest BCUT2D eigenvalue weighted by Gasteiger charge is -2.26. The van der Waals surface area contributed by atoms with Gasteiger partial charge in [0.2, 0.25) is 0 Å². The number of nitrogens with zero attached hydrogens (tertiary/aromatic N) is 2. The second-order valence-corrected chi connectivity index (χ2v) is 12.0. The van der Waals surface area contributed by atoms with Gasteiger partial charge in [0.05, 0.1) is 29.5 Å². The lowest BCUT2D eigenvalue weighted by atomic mass is 9.99. The van der Waals surface area contributed by atoms with Crippen LogP contribution in [0.5, 0.6) is 5.75 Å². The molecule has 3 heterocycles. The van der Waals surface area contributed by atoms with Gasteiger partial charge in [-0.05, 0) is 96.4 Å². The Morgan fingerprint density at radius 2 is 1.80 bits per heavy atom. The monoisotopic (exact) mass is 547 g/mol. The van der Waals surface area contributed by atoms with E-state index in [0.717, 1.165) is 36.1 Å². The molecule has 1 fully saturated rings. The number of nitrogens with one attached hydrogen (secondary N) is 1. The molecule has 1 N–H and O–H groups in total. The third kappa shape index (κ3) is 6.18. The van der Waals surface area contributed by atoms with E-state index in [2.05, 4.69) is 22.3 Å². The van der Waals surface area contributed by atoms with E-state index in [4.69, 9.17) is 14.2 Å². The van der Waals surface area contributed by atoms with Crippen molar-refractivity contribution in [2.75, 3.05) is 26.3 Å². The molecular formula is C32H41N3O5. The van der Waals surface area contributed by atoms with Gasteiger partial charge in [0, 0.05) is 29.6 Å². The van der Waals surface area contributed by atoms with E-state index in [1.807, 2.05) is 58.9 Å². The summed E-state index contributed by atoms with van der Waals surface area (Å²) in [6.07, 6.45) is 3.41. The van der Waals surface area contributed by atoms with E-state index < -0.39 is 11.7 Å². The molecule has 40 heavy (non-hydrogen) atoms. The third-order valence-electron chi connectivity index (χ3n) is 7.29. The molecule has 2 aromatic carbocycles. The quantitative estimate of drug-likeness (QED) is 0.342. The molecule has 0 unspecified atom stereocenters. The number of rotatable bonds is 8. The summed E-state index contributed by atoms with van der Waals surface area (Å²) < 4.78 is 19.0. The van der Waals surface area contributed by atoms with Crippen molar-refractivity contribution in [2.24, 2.45) is 0 Å². The second-order valence-electron chi connectivity index (χ2n) is 12.0. The van der Waals surface area contributed by atoms with Gasteiger partial charge in [0.1, 0.15) is 18.0 Å². The number of likely N-dealkylation sites (tertiary alicyclic amines) is 1. The van der Waals surface area contributed by atoms with Crippen molar-refractivity contribution in [1.82, 2.24) is 14.8 Å². The number of ether oxygens (including phenoxy) is 3. The van der Waals surface area contributed by atoms with Crippen LogP contribution in [-0.2, 0) is 22.6 Å². The predicted molar refractivity (Wildman–Crippen MR) is 156 cm³/mol. The molecule has 8 nitrogen and oxygen atoms in total. The molecule has 8 heteroatoms. The van der Waals surface area contributed by atoms with Crippen molar-refractivity contribution in [3.63, 3.8) is 0 Å². The van der Waals surface area contributed by atoms with E-state index >= 15 is 0 Å². The Bertz CT molecular complexity index is 1400. The van der Waals surface area contributed by atoms with E-state index in [0.29, 0.717) is 42.3 Å². The maximum absolute atomic E-state index is 13.6. The number of hydrogen-bond acceptors (Lipinski definition) is 6. The molecule has 1 aromatic heterocycles. The normalized spacial score (nSPS) is 15.9. The molecule has 5 rings (SSSR count). The Hall–Kier alpha value is -3.36. The van der Waals surface area contributed by atoms with Crippen molar-refractivity contribution >= 4 is 22.9 Å². The standard InChI is InChI=1S/C32H41N3O5/c1-21(2)38-15-16-39-28-12-10-24(29-25(28)19-33-30(29)36)27-18-23-17-22(20-34-13-7-6-8-14-34)9-11-26(23)35(27)31(37)40-32(3,4)5/h9-12,17-18,21H,6-8,13-16,19-20H2,1-5H3,(H,33,36). The van der Waals surface area contributed by atoms with Gasteiger partial charge in [-0.3, -0.25) is 9.69 Å². The van der Waals surface area contributed by atoms with Gasteiger partial charge >= 0.3 is 6.09 Å². The molecule has 1 amide bonds. The number of amides is 1. The molecule has 2 aliphatic rings. The average molecular weight is 548 g/mol. The Kier molecular flexibility index (Phi) is 8.19. The molecular weight excluding hydrogens is 506 g/mol. The van der Waals surface area contributed by atoms with E-state index in [-0.39, 0.29) is 12.0 Å². The summed E-state index contributed by atoms with van der Waals surface area (Å²) in [5, 5.41) is 3.88. The van der Waals surface area contributed by atoms with Gasteiger partial charge in [-0.25, -0.2) is 9.36 Å². The number of piperidine rings is 1. The summed E-state index contributed by atoms with van der Waals surface area (Å²) in [6, 6.07) is 12.0. The smallest absolute Gasteiger partial charge is 0.419 e. The number of benzene rings is 2. The van der Waals surface area contributed by atoms with Gasteiger partial charge in [-0.1, -0.05) is 12.5 Å². The second kappa shape index (κ2) is 11.6. The third-order valence-corrected chi connectivity index (χ3v) is 7.29. The zero-order chi connectivity index (χ0) is 28.4. The number of aromatic nitrogens is 1. The highest BCUT2D eigenvalue weighted by Crippen LogP contribution is 2.38. The number of fused-ring (bicyclic) bond motifs is 2. The van der Waals surface area contributed by atoms with Crippen LogP contribution in [0.2, 0.25) is 0 Å². The SMILES string of the molecule is CC(C)OCCOc1ccc(-c2cc3cc(CN4CCCCC4)ccc3n2C(=O)OC(C)(C)C)c2c1CNC2=O. The van der Waals surface area contributed by atoms with E-state index in [1.54, 1.807) is 4.57 Å². The van der Waals surface area contributed by atoms with Gasteiger partial charge < -0.3 is 19.5 Å². The van der Waals surface area contributed by atoms with Gasteiger partial charge in [-0.15, -0.1) is 0 Å². The van der Waals surface area contributed by atoms with Gasteiger partial charge in [0.25, 0.3) is 5.91 Å². The fourth-order valence-electron chi connectivity index (χ4n) is 5.55. The first kappa shape index (κ1) is 28.2. The fraction of sp³-hybridized carbons (Fsp3) is 0.500. The molecule has 0 bridgehead atoms. The first-order chi connectivity index (χ1) is 19.1. The van der Waals surface area contributed by atoms with E-state index in [9.17, 15) is 9.59 Å². The van der Waals surface area contributed by atoms with Crippen LogP contribution in [0, 0.1) is 0 Å². The minimum Gasteiger partial charge on any atom is -0.491 e. The van der Waals surface area contributed by atoms with Crippen LogP contribution in [0.3, 0.4) is 0 Å². The van der Waals surface area contributed by atoms with Crippen molar-refractivity contribution in [3.05, 3.63) is 53.1 Å². The van der Waals surface area contributed by atoms with Crippen LogP contribution in [0.15, 0.2) is 36.4 Å². The molecule has 1 saturated heterocycles. The maximum Gasteiger partial charge on any atom is 0.419 e. The molecule has 0 spiro atoms. The number of carbonyl (C=O) groups excluding carboxylic acids is 2. The molecule has 0 atom stereocenters. The maximum atomic E-state index is 13.6. The van der Waals surface area contributed by atoms with Crippen LogP contribution in [0.25, 0.3) is 22.2 Å². The van der Waals surface area contributed by atoms with Crippen LogP contribution in [0.4, 0.5) is 4.79 Å². The summed E-state index contributed by atoms with van der Waals surface area (Å²) in [7, 11) is 0. The molecule has 0 radical (unpaired) electrons. The van der Waals surface area contributed by atoms with Crippen molar-refractivity contribution < 1.29 is 23.8 Å². The zero-order valence-electron chi connectivity index (χ0n) is 24.3. The predicted octanol–water partition coefficient (Wildman–Crippen LogP) is 6.12. The topological polar surface area (TPSA) is 82.0 Å². The summed E-state index contributed by atoms with van der Waals surface area (Å²) in [4.78, 5) is 29.2. The van der Waals surface area contributed by atoms with Crippen molar-refractivity contribution in [2.45, 2.75) is 78.7 Å². The molecule has 0 aliphatic carbocycles. The zero-order valence-corrected chi connectivity index (χ0v) is 24.3. The summed E-state index contributed by atoms with van der Waals surface area (Å²) >= 11 is 0. The van der Waals surface area contributed by atoms with E-state index in [1.165, 1.54) is 24.8 Å². The summed E-state index contributed by atoms with van der Waals surface area (Å²) in [5.41, 5.74) is 3.91. The van der Waals surface area contributed by atoms with Gasteiger partial charge in [0.15, 0.2) is 0 Å². The molecule has 2 aliphatic heterocycles. The highest BCUT2D eigenvalue weighted by molar-refractivity contribution is 6.07. The highest BCUT2D eigenvalue weighted by Gasteiger charge is 2.30. The molecule has 3 aromatic rings. The number of carbonyl (C=O) groups is 2. The minimum atomic E-state index is -0.672. The first-order valence-corrected chi connectivity index (χ1v) is 14.4. The van der Waals surface area contributed by atoms with Gasteiger partial charge in [-0.2, -0.15) is 0 Å². The number of hydrogen-bond donors (Lipinski definition) is 1. The summed E-state index contributed by atoms with van der Waals surface area (Å²) in [5.74, 6) is 0.467. The van der Waals surface area contributed by atoms with Crippen LogP contribution < -0.4 is 10.1 Å². The largest absolute Gasteiger partial charge is 0.491 e. The molecule has 0 saturated carbocycles. The van der Waals surface area contributed by atoms with Crippen LogP contribution in [-0.4, -0.2) is 59.5 Å². The lowest BCUT2D eigenvalue weighted by Crippen LogP contribution is -2.29. The minimum absolute atomic E-state index is 0.120. The van der Waals surface area contributed by atoms with Crippen molar-refractivity contribution in [3.8, 4) is 17.0 Å². The Labute approximate surface area is 236 Å². The van der Waals surface area contributed by atoms with Crippen LogP contribution >= 0.6 is 0 Å². The molecule has 214 valence electrons. The average Bonchev–Trinajstić information content (AvgIpc) is 3.47. The first-order valence-electron chi connectivity index (χ1n) is 14.4. The summed E-state index contributed by atoms with van der Waals surface area (Å²) in [6.45, 7) is 13.8. The van der Waals surface area contributed by atoms with Crippen molar-refractivity contribution in [1.29, 1.82) is 0 Å². The lowest BCUT2D eigenvalue weighted by molar-refractivity contribution is 0.0544. The highest BCUT2D eigenvalue weighted by atomic mass is 16.6. The van der Waals surface area contributed by atoms with Crippen LogP contribution in [0.1, 0.15) is 75.4 Å². The Balaban J connectivity index is 1.56. The fourth-order valence-corrected chi connectivity index (χ4v) is 5.55. The Morgan fingerprint density at radius 1 is 1.02 bits per heavy atom.